The maximum absolute atomic E-state index is 14.4. The predicted octanol–water partition coefficient (Wildman–Crippen LogP) is 4.83. The van der Waals surface area contributed by atoms with E-state index in [2.05, 4.69) is 11.1 Å². The van der Waals surface area contributed by atoms with Gasteiger partial charge in [0.1, 0.15) is 6.26 Å². The van der Waals surface area contributed by atoms with Gasteiger partial charge in [-0.15, -0.1) is 0 Å². The molecule has 45 heavy (non-hydrogen) atoms. The molecule has 5 aliphatic carbocycles. The minimum atomic E-state index is -6.19. The first-order valence-corrected chi connectivity index (χ1v) is 16.8. The third-order valence-electron chi connectivity index (χ3n) is 13.0. The maximum atomic E-state index is 14.4. The number of fused-ring (bicyclic) bond motifs is 7. The lowest BCUT2D eigenvalue weighted by molar-refractivity contribution is -0.189. The van der Waals surface area contributed by atoms with Crippen LogP contribution in [0.15, 0.2) is 23.5 Å². The fourth-order valence-electron chi connectivity index (χ4n) is 10.3. The molecule has 4 saturated carbocycles. The summed E-state index contributed by atoms with van der Waals surface area (Å²) in [6, 6.07) is 0. The first-order valence-electron chi connectivity index (χ1n) is 15.4. The van der Waals surface area contributed by atoms with Crippen LogP contribution in [0.1, 0.15) is 79.6 Å². The number of esters is 1. The number of rotatable bonds is 4. The molecule has 250 valence electrons. The second-order valence-corrected chi connectivity index (χ2v) is 16.4. The molecule has 0 aliphatic heterocycles. The van der Waals surface area contributed by atoms with E-state index in [1.54, 1.807) is 0 Å². The number of hydrogen-bond donors (Lipinski definition) is 1. The molecule has 0 radical (unpaired) electrons. The number of carbonyl (C=O) groups is 4. The van der Waals surface area contributed by atoms with E-state index >= 15 is 0 Å². The van der Waals surface area contributed by atoms with Gasteiger partial charge < -0.3 is 14.0 Å². The van der Waals surface area contributed by atoms with Crippen LogP contribution in [0.2, 0.25) is 0 Å². The molecular weight excluding hydrogens is 617 g/mol. The van der Waals surface area contributed by atoms with Gasteiger partial charge in [0.25, 0.3) is 0 Å². The van der Waals surface area contributed by atoms with E-state index in [0.717, 1.165) is 6.42 Å². The average molecular weight is 659 g/mol. The van der Waals surface area contributed by atoms with Crippen molar-refractivity contribution < 1.29 is 54.8 Å². The minimum absolute atomic E-state index is 0.0271. The van der Waals surface area contributed by atoms with E-state index in [0.29, 0.717) is 37.7 Å². The molecule has 4 fully saturated rings. The van der Waals surface area contributed by atoms with Crippen LogP contribution in [0.3, 0.4) is 0 Å². The number of carbonyl (C=O) groups excluding carboxylic acids is 4. The van der Waals surface area contributed by atoms with Crippen molar-refractivity contribution in [1.29, 1.82) is 0 Å². The normalized spacial score (nSPS) is 44.3. The van der Waals surface area contributed by atoms with Crippen LogP contribution in [0.25, 0.3) is 0 Å². The zero-order valence-corrected chi connectivity index (χ0v) is 27.2. The van der Waals surface area contributed by atoms with Crippen LogP contribution in [0.4, 0.5) is 13.2 Å². The summed E-state index contributed by atoms with van der Waals surface area (Å²) in [5.74, 6) is -4.02. The Bertz CT molecular complexity index is 1530. The quantitative estimate of drug-likeness (QED) is 0.112. The predicted molar refractivity (Wildman–Crippen MR) is 153 cm³/mol. The summed E-state index contributed by atoms with van der Waals surface area (Å²) >= 11 is 0. The Morgan fingerprint density at radius 2 is 1.69 bits per heavy atom. The van der Waals surface area contributed by atoms with Crippen molar-refractivity contribution in [1.82, 2.24) is 0 Å². The SMILES string of the molecule is COC(=O)C12CCC(C)CC1C1C(=O)C=C3C4(C)C(=O)/C(=C\OS(=O)(=O)C(F)(F)F)C(=O)[C@](C)(CO)C4CCC3(C)[C@]1(C)CC2. The highest BCUT2D eigenvalue weighted by atomic mass is 32.2. The Morgan fingerprint density at radius 1 is 1.04 bits per heavy atom. The number of allylic oxidation sites excluding steroid dienone is 3. The highest BCUT2D eigenvalue weighted by Crippen LogP contribution is 2.74. The van der Waals surface area contributed by atoms with E-state index in [1.165, 1.54) is 27.0 Å². The number of aliphatic hydroxyl groups is 1. The highest BCUT2D eigenvalue weighted by molar-refractivity contribution is 7.87. The van der Waals surface area contributed by atoms with Gasteiger partial charge in [-0.3, -0.25) is 19.2 Å². The summed E-state index contributed by atoms with van der Waals surface area (Å²) in [7, 11) is -4.83. The van der Waals surface area contributed by atoms with Gasteiger partial charge in [0, 0.05) is 5.92 Å². The van der Waals surface area contributed by atoms with E-state index < -0.39 is 78.3 Å². The molecular formula is C32H41F3O9S. The standard InChI is InChI=1S/C32H41F3O9S/c1-17-7-10-31(26(40)43-6)12-11-29(4)23(19(31)13-17)20(37)14-22-28(29,3)9-8-21-27(2,16-36)24(38)18(25(39)30(21,22)5)15-44-45(41,42)32(33,34)35/h14-15,17,19,21,23,36H,7-13,16H2,1-6H3/b18-15-/t17?,19?,21?,23?,27-,28?,29-,30?,31?/m1/s1. The summed E-state index contributed by atoms with van der Waals surface area (Å²) in [6.45, 7) is 8.21. The van der Waals surface area contributed by atoms with Gasteiger partial charge in [-0.2, -0.15) is 21.6 Å². The fourth-order valence-corrected chi connectivity index (χ4v) is 10.6. The first-order chi connectivity index (χ1) is 20.6. The van der Waals surface area contributed by atoms with Crippen molar-refractivity contribution in [3.63, 3.8) is 0 Å². The van der Waals surface area contributed by atoms with Gasteiger partial charge >= 0.3 is 21.6 Å². The van der Waals surface area contributed by atoms with Gasteiger partial charge in [-0.25, -0.2) is 0 Å². The number of ketones is 3. The lowest BCUT2D eigenvalue weighted by atomic mass is 9.34. The monoisotopic (exact) mass is 658 g/mol. The van der Waals surface area contributed by atoms with E-state index in [1.807, 2.05) is 13.8 Å². The number of Topliss-reactive ketones (excluding diaryl/α,β-unsaturated/α-hetero) is 2. The summed E-state index contributed by atoms with van der Waals surface area (Å²) in [4.78, 5) is 55.7. The van der Waals surface area contributed by atoms with Crippen LogP contribution in [0.5, 0.6) is 0 Å². The Morgan fingerprint density at radius 3 is 2.27 bits per heavy atom. The van der Waals surface area contributed by atoms with Crippen LogP contribution in [-0.4, -0.2) is 56.1 Å². The number of methoxy groups -OCH3 is 1. The van der Waals surface area contributed by atoms with Gasteiger partial charge in [0.2, 0.25) is 0 Å². The van der Waals surface area contributed by atoms with Crippen LogP contribution >= 0.6 is 0 Å². The average Bonchev–Trinajstić information content (AvgIpc) is 2.96. The van der Waals surface area contributed by atoms with Crippen molar-refractivity contribution in [3.05, 3.63) is 23.5 Å². The summed E-state index contributed by atoms with van der Waals surface area (Å²) in [5.41, 5.74) is -12.0. The van der Waals surface area contributed by atoms with Gasteiger partial charge in [-0.1, -0.05) is 20.8 Å². The summed E-state index contributed by atoms with van der Waals surface area (Å²) in [6.07, 6.45) is 5.20. The maximum Gasteiger partial charge on any atom is 0.534 e. The Kier molecular flexibility index (Phi) is 7.69. The molecule has 13 heteroatoms. The molecule has 9 atom stereocenters. The van der Waals surface area contributed by atoms with Crippen molar-refractivity contribution >= 4 is 33.4 Å². The third-order valence-corrected chi connectivity index (χ3v) is 13.9. The van der Waals surface area contributed by atoms with Gasteiger partial charge in [-0.05, 0) is 99.0 Å². The Hall–Kier alpha value is -2.54. The number of alkyl halides is 3. The number of aliphatic hydroxyl groups excluding tert-OH is 1. The highest BCUT2D eigenvalue weighted by Gasteiger charge is 2.73. The molecule has 0 aromatic carbocycles. The zero-order chi connectivity index (χ0) is 33.8. The number of halogens is 3. The molecule has 1 N–H and O–H groups in total. The van der Waals surface area contributed by atoms with Gasteiger partial charge in [0.05, 0.1) is 35.5 Å². The molecule has 0 aromatic rings. The first kappa shape index (κ1) is 33.8. The molecule has 5 rings (SSSR count). The summed E-state index contributed by atoms with van der Waals surface area (Å²) in [5, 5.41) is 10.5. The fraction of sp³-hybridized carbons (Fsp3) is 0.750. The van der Waals surface area contributed by atoms with E-state index in [4.69, 9.17) is 4.74 Å². The molecule has 0 heterocycles. The number of ether oxygens (including phenoxy) is 1. The van der Waals surface area contributed by atoms with E-state index in [9.17, 15) is 45.9 Å². The second-order valence-electron chi connectivity index (χ2n) is 14.9. The van der Waals surface area contributed by atoms with Crippen LogP contribution in [0, 0.1) is 50.7 Å². The third kappa shape index (κ3) is 4.24. The van der Waals surface area contributed by atoms with Crippen molar-refractivity contribution in [2.75, 3.05) is 13.7 Å². The van der Waals surface area contributed by atoms with Gasteiger partial charge in [0.15, 0.2) is 17.3 Å². The largest absolute Gasteiger partial charge is 0.534 e. The lowest BCUT2D eigenvalue weighted by Crippen LogP contribution is -2.68. The van der Waals surface area contributed by atoms with Crippen molar-refractivity contribution in [2.45, 2.75) is 85.1 Å². The molecule has 9 nitrogen and oxygen atoms in total. The molecule has 0 bridgehead atoms. The Balaban J connectivity index is 1.68. The molecule has 0 spiro atoms. The molecule has 5 aliphatic rings. The minimum Gasteiger partial charge on any atom is -0.469 e. The molecule has 7 unspecified atom stereocenters. The summed E-state index contributed by atoms with van der Waals surface area (Å²) < 4.78 is 72.0. The second kappa shape index (κ2) is 10.2. The number of hydrogen-bond acceptors (Lipinski definition) is 9. The smallest absolute Gasteiger partial charge is 0.469 e. The van der Waals surface area contributed by atoms with E-state index in [-0.39, 0.29) is 36.3 Å². The Labute approximate surface area is 261 Å². The van der Waals surface area contributed by atoms with Crippen LogP contribution < -0.4 is 0 Å². The zero-order valence-electron chi connectivity index (χ0n) is 26.4. The van der Waals surface area contributed by atoms with Crippen molar-refractivity contribution in [2.24, 2.45) is 50.7 Å². The molecule has 0 amide bonds. The topological polar surface area (TPSA) is 141 Å². The van der Waals surface area contributed by atoms with Crippen LogP contribution in [-0.2, 0) is 38.2 Å². The lowest BCUT2D eigenvalue weighted by Gasteiger charge is -2.68. The van der Waals surface area contributed by atoms with Crippen molar-refractivity contribution in [3.8, 4) is 0 Å². The molecule has 0 saturated heterocycles. The molecule has 0 aromatic heterocycles.